The summed E-state index contributed by atoms with van der Waals surface area (Å²) in [4.78, 5) is 23.1. The molecule has 1 fully saturated rings. The van der Waals surface area contributed by atoms with Gasteiger partial charge in [0.15, 0.2) is 23.2 Å². The van der Waals surface area contributed by atoms with Gasteiger partial charge in [-0.15, -0.1) is 0 Å². The smallest absolute Gasteiger partial charge is 0.230 e. The number of carbonyl (C=O) groups excluding carboxylic acids is 2. The third kappa shape index (κ3) is 0.974. The summed E-state index contributed by atoms with van der Waals surface area (Å²) in [5, 5.41) is 0. The Hall–Kier alpha value is -1.42. The molecule has 0 unspecified atom stereocenters. The molecule has 0 bridgehead atoms. The molecule has 2 rings (SSSR count). The summed E-state index contributed by atoms with van der Waals surface area (Å²) in [6.45, 7) is 1.78. The van der Waals surface area contributed by atoms with Crippen LogP contribution in [0, 0.1) is 0 Å². The second kappa shape index (κ2) is 2.78. The van der Waals surface area contributed by atoms with E-state index in [0.29, 0.717) is 0 Å². The summed E-state index contributed by atoms with van der Waals surface area (Å²) in [5.41, 5.74) is -1.02. The van der Waals surface area contributed by atoms with Crippen LogP contribution in [-0.2, 0) is 19.1 Å². The Balaban J connectivity index is 2.37. The minimum atomic E-state index is -1.02. The molecule has 0 aromatic heterocycles. The lowest BCUT2D eigenvalue weighted by molar-refractivity contribution is -0.123. The Kier molecular flexibility index (Phi) is 1.82. The van der Waals surface area contributed by atoms with Gasteiger partial charge in [0.2, 0.25) is 5.78 Å². The standard InChI is InChI=1S/C10H10O4/c1-3-4-10-7(11)5-6(13-2)8(12)9(10)14-10/h3-5,9H,1-2H3/t9-,10+/m0/s1. The lowest BCUT2D eigenvalue weighted by Gasteiger charge is -2.10. The number of fused-ring (bicyclic) bond motifs is 1. The summed E-state index contributed by atoms with van der Waals surface area (Å²) in [6, 6.07) is 0. The number of methoxy groups -OCH3 is 1. The second-order valence-electron chi connectivity index (χ2n) is 3.23. The fourth-order valence-corrected chi connectivity index (χ4v) is 1.64. The SMILES string of the molecule is CC=C[C@]12O[C@H]1C(=O)C(OC)=CC2=O. The van der Waals surface area contributed by atoms with Crippen LogP contribution in [0.4, 0.5) is 0 Å². The molecule has 4 heteroatoms. The van der Waals surface area contributed by atoms with E-state index in [1.54, 1.807) is 19.1 Å². The molecule has 0 saturated carbocycles. The van der Waals surface area contributed by atoms with Gasteiger partial charge in [-0.1, -0.05) is 6.08 Å². The largest absolute Gasteiger partial charge is 0.493 e. The zero-order chi connectivity index (χ0) is 10.3. The first-order chi connectivity index (χ1) is 6.65. The summed E-state index contributed by atoms with van der Waals surface area (Å²) in [5.74, 6) is -0.403. The Morgan fingerprint density at radius 2 is 2.29 bits per heavy atom. The number of epoxide rings is 1. The number of ketones is 2. The molecule has 1 aliphatic heterocycles. The first-order valence-electron chi connectivity index (χ1n) is 4.31. The van der Waals surface area contributed by atoms with Gasteiger partial charge < -0.3 is 9.47 Å². The predicted molar refractivity (Wildman–Crippen MR) is 47.5 cm³/mol. The molecule has 0 amide bonds. The molecule has 0 radical (unpaired) electrons. The van der Waals surface area contributed by atoms with Crippen molar-refractivity contribution in [1.29, 1.82) is 0 Å². The normalized spacial score (nSPS) is 35.6. The third-order valence-corrected chi connectivity index (χ3v) is 2.41. The molecule has 1 saturated heterocycles. The highest BCUT2D eigenvalue weighted by Gasteiger charge is 2.66. The van der Waals surface area contributed by atoms with Crippen molar-refractivity contribution in [3.8, 4) is 0 Å². The van der Waals surface area contributed by atoms with E-state index in [1.807, 2.05) is 0 Å². The molecule has 1 heterocycles. The van der Waals surface area contributed by atoms with Crippen LogP contribution in [0.25, 0.3) is 0 Å². The van der Waals surface area contributed by atoms with Crippen molar-refractivity contribution >= 4 is 11.6 Å². The summed E-state index contributed by atoms with van der Waals surface area (Å²) >= 11 is 0. The molecule has 1 aliphatic carbocycles. The van der Waals surface area contributed by atoms with Crippen LogP contribution < -0.4 is 0 Å². The van der Waals surface area contributed by atoms with E-state index in [1.165, 1.54) is 13.2 Å². The van der Waals surface area contributed by atoms with Crippen molar-refractivity contribution in [3.63, 3.8) is 0 Å². The van der Waals surface area contributed by atoms with Crippen molar-refractivity contribution in [2.24, 2.45) is 0 Å². The van der Waals surface area contributed by atoms with Gasteiger partial charge in [0.25, 0.3) is 0 Å². The van der Waals surface area contributed by atoms with E-state index >= 15 is 0 Å². The first kappa shape index (κ1) is 9.15. The Morgan fingerprint density at radius 1 is 1.57 bits per heavy atom. The molecule has 4 nitrogen and oxygen atoms in total. The van der Waals surface area contributed by atoms with Gasteiger partial charge in [-0.3, -0.25) is 9.59 Å². The highest BCUT2D eigenvalue weighted by atomic mass is 16.6. The van der Waals surface area contributed by atoms with Crippen LogP contribution in [0.15, 0.2) is 24.0 Å². The number of hydrogen-bond acceptors (Lipinski definition) is 4. The van der Waals surface area contributed by atoms with E-state index < -0.39 is 11.7 Å². The van der Waals surface area contributed by atoms with E-state index in [9.17, 15) is 9.59 Å². The average Bonchev–Trinajstić information content (AvgIpc) is 2.89. The van der Waals surface area contributed by atoms with E-state index in [-0.39, 0.29) is 17.3 Å². The zero-order valence-corrected chi connectivity index (χ0v) is 7.94. The van der Waals surface area contributed by atoms with E-state index in [2.05, 4.69) is 0 Å². The molecule has 14 heavy (non-hydrogen) atoms. The van der Waals surface area contributed by atoms with Crippen LogP contribution in [-0.4, -0.2) is 30.4 Å². The van der Waals surface area contributed by atoms with Crippen LogP contribution in [0.5, 0.6) is 0 Å². The van der Waals surface area contributed by atoms with Crippen LogP contribution in [0.2, 0.25) is 0 Å². The maximum atomic E-state index is 11.6. The number of carbonyl (C=O) groups is 2. The Bertz CT molecular complexity index is 366. The molecule has 2 aliphatic rings. The predicted octanol–water partition coefficient (Wildman–Crippen LogP) is 0.382. The average molecular weight is 194 g/mol. The molecule has 0 spiro atoms. The fraction of sp³-hybridized carbons (Fsp3) is 0.400. The Morgan fingerprint density at radius 3 is 2.86 bits per heavy atom. The maximum Gasteiger partial charge on any atom is 0.230 e. The van der Waals surface area contributed by atoms with Crippen molar-refractivity contribution in [1.82, 2.24) is 0 Å². The summed E-state index contributed by atoms with van der Waals surface area (Å²) in [7, 11) is 1.36. The second-order valence-corrected chi connectivity index (χ2v) is 3.23. The lowest BCUT2D eigenvalue weighted by atomic mass is 9.90. The van der Waals surface area contributed by atoms with Crippen LogP contribution in [0.1, 0.15) is 6.92 Å². The summed E-state index contributed by atoms with van der Waals surface area (Å²) < 4.78 is 9.93. The molecular weight excluding hydrogens is 184 g/mol. The van der Waals surface area contributed by atoms with E-state index in [0.717, 1.165) is 0 Å². The number of Topliss-reactive ketones (excluding diaryl/α,β-unsaturated/α-hetero) is 1. The van der Waals surface area contributed by atoms with Gasteiger partial charge >= 0.3 is 0 Å². The van der Waals surface area contributed by atoms with E-state index in [4.69, 9.17) is 9.47 Å². The van der Waals surface area contributed by atoms with Gasteiger partial charge in [0.05, 0.1) is 7.11 Å². The Labute approximate surface area is 81.2 Å². The van der Waals surface area contributed by atoms with Gasteiger partial charge in [-0.2, -0.15) is 0 Å². The highest BCUT2D eigenvalue weighted by Crippen LogP contribution is 2.44. The lowest BCUT2D eigenvalue weighted by Crippen LogP contribution is -2.33. The van der Waals surface area contributed by atoms with Gasteiger partial charge in [-0.05, 0) is 13.0 Å². The molecule has 0 aromatic rings. The quantitative estimate of drug-likeness (QED) is 0.471. The molecular formula is C10H10O4. The van der Waals surface area contributed by atoms with Gasteiger partial charge in [0.1, 0.15) is 0 Å². The molecule has 0 N–H and O–H groups in total. The van der Waals surface area contributed by atoms with Crippen LogP contribution >= 0.6 is 0 Å². The highest BCUT2D eigenvalue weighted by molar-refractivity contribution is 6.18. The molecule has 2 atom stereocenters. The number of hydrogen-bond donors (Lipinski definition) is 0. The van der Waals surface area contributed by atoms with Gasteiger partial charge in [0, 0.05) is 6.08 Å². The van der Waals surface area contributed by atoms with Crippen molar-refractivity contribution in [2.75, 3.05) is 7.11 Å². The van der Waals surface area contributed by atoms with Gasteiger partial charge in [-0.25, -0.2) is 0 Å². The maximum absolute atomic E-state index is 11.6. The number of rotatable bonds is 2. The number of ether oxygens (including phenoxy) is 2. The zero-order valence-electron chi connectivity index (χ0n) is 7.94. The fourth-order valence-electron chi connectivity index (χ4n) is 1.64. The minimum Gasteiger partial charge on any atom is -0.493 e. The minimum absolute atomic E-state index is 0.0811. The summed E-state index contributed by atoms with van der Waals surface area (Å²) in [6.07, 6.45) is 3.84. The molecule has 0 aromatic carbocycles. The first-order valence-corrected chi connectivity index (χ1v) is 4.31. The third-order valence-electron chi connectivity index (χ3n) is 2.41. The van der Waals surface area contributed by atoms with Crippen molar-refractivity contribution < 1.29 is 19.1 Å². The number of allylic oxidation sites excluding steroid dienone is 1. The van der Waals surface area contributed by atoms with Crippen LogP contribution in [0.3, 0.4) is 0 Å². The van der Waals surface area contributed by atoms with Crippen molar-refractivity contribution in [2.45, 2.75) is 18.6 Å². The molecule has 74 valence electrons. The van der Waals surface area contributed by atoms with Crippen molar-refractivity contribution in [3.05, 3.63) is 24.0 Å². The topological polar surface area (TPSA) is 55.9 Å². The monoisotopic (exact) mass is 194 g/mol.